The van der Waals surface area contributed by atoms with Gasteiger partial charge in [0.2, 0.25) is 0 Å². The average molecular weight is 397 g/mol. The summed E-state index contributed by atoms with van der Waals surface area (Å²) in [6.07, 6.45) is 3.51. The van der Waals surface area contributed by atoms with Gasteiger partial charge in [-0.1, -0.05) is 24.6 Å². The van der Waals surface area contributed by atoms with Crippen molar-refractivity contribution < 1.29 is 14.5 Å². The summed E-state index contributed by atoms with van der Waals surface area (Å²) < 4.78 is 5.56. The van der Waals surface area contributed by atoms with Crippen LogP contribution in [0.15, 0.2) is 42.5 Å². The number of nitro groups is 1. The highest BCUT2D eigenvalue weighted by molar-refractivity contribution is 5.94. The molecular weight excluding hydrogens is 370 g/mol. The van der Waals surface area contributed by atoms with Crippen molar-refractivity contribution in [1.82, 2.24) is 10.2 Å². The van der Waals surface area contributed by atoms with Gasteiger partial charge in [0.15, 0.2) is 0 Å². The minimum atomic E-state index is -0.439. The van der Waals surface area contributed by atoms with E-state index < -0.39 is 4.92 Å². The van der Waals surface area contributed by atoms with E-state index in [9.17, 15) is 14.9 Å². The van der Waals surface area contributed by atoms with E-state index in [-0.39, 0.29) is 17.6 Å². The summed E-state index contributed by atoms with van der Waals surface area (Å²) >= 11 is 0. The first-order valence-corrected chi connectivity index (χ1v) is 9.91. The maximum absolute atomic E-state index is 12.7. The number of hydrogen-bond donors (Lipinski definition) is 1. The molecule has 0 spiro atoms. The third-order valence-electron chi connectivity index (χ3n) is 5.44. The van der Waals surface area contributed by atoms with Crippen molar-refractivity contribution in [2.75, 3.05) is 26.7 Å². The Morgan fingerprint density at radius 2 is 1.93 bits per heavy atom. The van der Waals surface area contributed by atoms with Gasteiger partial charge in [-0.05, 0) is 51.1 Å². The third-order valence-corrected chi connectivity index (χ3v) is 5.44. The van der Waals surface area contributed by atoms with Crippen LogP contribution in [0.2, 0.25) is 0 Å². The molecule has 0 aliphatic carbocycles. The molecule has 29 heavy (non-hydrogen) atoms. The lowest BCUT2D eigenvalue weighted by Gasteiger charge is -2.35. The van der Waals surface area contributed by atoms with Gasteiger partial charge in [-0.2, -0.15) is 0 Å². The number of nitrogens with zero attached hydrogens (tertiary/aromatic N) is 2. The molecule has 1 amide bonds. The van der Waals surface area contributed by atoms with Gasteiger partial charge in [0.1, 0.15) is 5.75 Å². The van der Waals surface area contributed by atoms with Gasteiger partial charge in [-0.3, -0.25) is 19.8 Å². The zero-order valence-corrected chi connectivity index (χ0v) is 16.9. The maximum atomic E-state index is 12.7. The first-order chi connectivity index (χ1) is 14.0. The summed E-state index contributed by atoms with van der Waals surface area (Å²) in [6.45, 7) is 4.04. The van der Waals surface area contributed by atoms with Gasteiger partial charge in [-0.25, -0.2) is 0 Å². The first-order valence-electron chi connectivity index (χ1n) is 9.91. The van der Waals surface area contributed by atoms with E-state index in [1.54, 1.807) is 20.1 Å². The van der Waals surface area contributed by atoms with Crippen molar-refractivity contribution >= 4 is 11.6 Å². The van der Waals surface area contributed by atoms with E-state index in [0.29, 0.717) is 17.7 Å². The standard InChI is InChI=1S/C22H27N3O4/c1-16-14-17(10-11-19(16)25(27)28)22(26)23-15-20(24-12-6-3-7-13-24)18-8-4-5-9-21(18)29-2/h4-5,8-11,14,20H,3,6-7,12-13,15H2,1-2H3,(H,23,26). The Hall–Kier alpha value is -2.93. The van der Waals surface area contributed by atoms with Crippen molar-refractivity contribution in [3.8, 4) is 5.75 Å². The Morgan fingerprint density at radius 3 is 2.59 bits per heavy atom. The molecule has 7 heteroatoms. The average Bonchev–Trinajstić information content (AvgIpc) is 2.74. The second-order valence-corrected chi connectivity index (χ2v) is 7.32. The number of nitrogens with one attached hydrogen (secondary N) is 1. The van der Waals surface area contributed by atoms with Crippen LogP contribution in [-0.2, 0) is 0 Å². The summed E-state index contributed by atoms with van der Waals surface area (Å²) in [5.41, 5.74) is 1.96. The fourth-order valence-corrected chi connectivity index (χ4v) is 3.90. The number of benzene rings is 2. The van der Waals surface area contributed by atoms with E-state index in [4.69, 9.17) is 4.74 Å². The molecule has 1 saturated heterocycles. The topological polar surface area (TPSA) is 84.7 Å². The summed E-state index contributed by atoms with van der Waals surface area (Å²) in [4.78, 5) is 25.7. The molecule has 0 aromatic heterocycles. The van der Waals surface area contributed by atoms with Crippen LogP contribution < -0.4 is 10.1 Å². The fourth-order valence-electron chi connectivity index (χ4n) is 3.90. The predicted molar refractivity (Wildman–Crippen MR) is 111 cm³/mol. The van der Waals surface area contributed by atoms with Crippen LogP contribution in [0.3, 0.4) is 0 Å². The number of para-hydroxylation sites is 1. The molecule has 0 bridgehead atoms. The number of methoxy groups -OCH3 is 1. The Balaban J connectivity index is 1.78. The van der Waals surface area contributed by atoms with E-state index in [1.165, 1.54) is 18.6 Å². The number of ether oxygens (including phenoxy) is 1. The molecular formula is C22H27N3O4. The predicted octanol–water partition coefficient (Wildman–Crippen LogP) is 3.87. The number of carbonyl (C=O) groups is 1. The van der Waals surface area contributed by atoms with Crippen LogP contribution in [-0.4, -0.2) is 42.5 Å². The minimum Gasteiger partial charge on any atom is -0.496 e. The van der Waals surface area contributed by atoms with Crippen molar-refractivity contribution in [1.29, 1.82) is 0 Å². The number of amides is 1. The lowest BCUT2D eigenvalue weighted by atomic mass is 10.00. The van der Waals surface area contributed by atoms with E-state index in [1.807, 2.05) is 24.3 Å². The van der Waals surface area contributed by atoms with E-state index >= 15 is 0 Å². The second kappa shape index (κ2) is 9.52. The monoisotopic (exact) mass is 397 g/mol. The Bertz CT molecular complexity index is 878. The Labute approximate surface area is 170 Å². The van der Waals surface area contributed by atoms with Crippen LogP contribution >= 0.6 is 0 Å². The number of likely N-dealkylation sites (tertiary alicyclic amines) is 1. The molecule has 1 atom stereocenters. The van der Waals surface area contributed by atoms with Gasteiger partial charge in [0, 0.05) is 29.3 Å². The SMILES string of the molecule is COc1ccccc1C(CNC(=O)c1ccc([N+](=O)[O-])c(C)c1)N1CCCCC1. The quantitative estimate of drug-likeness (QED) is 0.566. The third kappa shape index (κ3) is 4.92. The molecule has 1 aliphatic heterocycles. The summed E-state index contributed by atoms with van der Waals surface area (Å²) in [6, 6.07) is 12.4. The van der Waals surface area contributed by atoms with Crippen LogP contribution in [0.1, 0.15) is 46.8 Å². The normalized spacial score (nSPS) is 15.5. The molecule has 2 aromatic carbocycles. The van der Waals surface area contributed by atoms with Crippen LogP contribution in [0.4, 0.5) is 5.69 Å². The molecule has 154 valence electrons. The molecule has 7 nitrogen and oxygen atoms in total. The number of rotatable bonds is 7. The summed E-state index contributed by atoms with van der Waals surface area (Å²) in [7, 11) is 1.66. The highest BCUT2D eigenvalue weighted by Crippen LogP contribution is 2.31. The lowest BCUT2D eigenvalue weighted by molar-refractivity contribution is -0.385. The Kier molecular flexibility index (Phi) is 6.82. The first kappa shape index (κ1) is 20.8. The molecule has 1 fully saturated rings. The van der Waals surface area contributed by atoms with Crippen molar-refractivity contribution in [2.24, 2.45) is 0 Å². The summed E-state index contributed by atoms with van der Waals surface area (Å²) in [5, 5.41) is 14.0. The molecule has 0 radical (unpaired) electrons. The van der Waals surface area contributed by atoms with Gasteiger partial charge >= 0.3 is 0 Å². The number of hydrogen-bond acceptors (Lipinski definition) is 5. The van der Waals surface area contributed by atoms with Crippen molar-refractivity contribution in [3.05, 3.63) is 69.3 Å². The number of nitro benzene ring substituents is 1. The van der Waals surface area contributed by atoms with Crippen LogP contribution in [0.25, 0.3) is 0 Å². The zero-order valence-electron chi connectivity index (χ0n) is 16.9. The molecule has 0 saturated carbocycles. The molecule has 1 unspecified atom stereocenters. The minimum absolute atomic E-state index is 0.00884. The molecule has 2 aromatic rings. The highest BCUT2D eigenvalue weighted by atomic mass is 16.6. The van der Waals surface area contributed by atoms with Crippen LogP contribution in [0.5, 0.6) is 5.75 Å². The van der Waals surface area contributed by atoms with Gasteiger partial charge in [0.05, 0.1) is 18.1 Å². The van der Waals surface area contributed by atoms with Crippen molar-refractivity contribution in [3.63, 3.8) is 0 Å². The Morgan fingerprint density at radius 1 is 1.21 bits per heavy atom. The lowest BCUT2D eigenvalue weighted by Crippen LogP contribution is -2.40. The van der Waals surface area contributed by atoms with Crippen LogP contribution in [0, 0.1) is 17.0 Å². The van der Waals surface area contributed by atoms with Crippen molar-refractivity contribution in [2.45, 2.75) is 32.2 Å². The molecule has 1 heterocycles. The van der Waals surface area contributed by atoms with Gasteiger partial charge < -0.3 is 10.1 Å². The molecule has 1 aliphatic rings. The summed E-state index contributed by atoms with van der Waals surface area (Å²) in [5.74, 6) is 0.573. The van der Waals surface area contributed by atoms with E-state index in [0.717, 1.165) is 37.2 Å². The smallest absolute Gasteiger partial charge is 0.272 e. The molecule has 3 rings (SSSR count). The maximum Gasteiger partial charge on any atom is 0.272 e. The number of carbonyl (C=O) groups excluding carboxylic acids is 1. The highest BCUT2D eigenvalue weighted by Gasteiger charge is 2.25. The largest absolute Gasteiger partial charge is 0.496 e. The van der Waals surface area contributed by atoms with Gasteiger partial charge in [0.25, 0.3) is 11.6 Å². The molecule has 1 N–H and O–H groups in total. The van der Waals surface area contributed by atoms with E-state index in [2.05, 4.69) is 10.2 Å². The second-order valence-electron chi connectivity index (χ2n) is 7.32. The number of aryl methyl sites for hydroxylation is 1. The zero-order chi connectivity index (χ0) is 20.8. The fraction of sp³-hybridized carbons (Fsp3) is 0.409. The van der Waals surface area contributed by atoms with Gasteiger partial charge in [-0.15, -0.1) is 0 Å². The number of piperidine rings is 1.